The molecule has 1 atom stereocenters. The third-order valence-corrected chi connectivity index (χ3v) is 3.91. The number of carbonyl (C=O) groups excluding carboxylic acids is 1. The van der Waals surface area contributed by atoms with E-state index in [0.29, 0.717) is 18.2 Å². The zero-order valence-electron chi connectivity index (χ0n) is 12.2. The molecule has 0 radical (unpaired) electrons. The lowest BCUT2D eigenvalue weighted by atomic mass is 10.0. The largest absolute Gasteiger partial charge is 0.508 e. The van der Waals surface area contributed by atoms with Crippen LogP contribution in [0.3, 0.4) is 0 Å². The van der Waals surface area contributed by atoms with Crippen LogP contribution in [-0.4, -0.2) is 41.6 Å². The number of likely N-dealkylation sites (tertiary alicyclic amines) is 1. The Bertz CT molecular complexity index is 502. The summed E-state index contributed by atoms with van der Waals surface area (Å²) >= 11 is 0. The van der Waals surface area contributed by atoms with Gasteiger partial charge in [-0.1, -0.05) is 6.07 Å². The maximum Gasteiger partial charge on any atom is 0.231 e. The van der Waals surface area contributed by atoms with Crippen molar-refractivity contribution in [3.8, 4) is 5.75 Å². The van der Waals surface area contributed by atoms with Crippen molar-refractivity contribution >= 4 is 5.91 Å². The number of piperidine rings is 1. The number of phenols is 1. The second-order valence-electron chi connectivity index (χ2n) is 5.61. The molecule has 1 aromatic carbocycles. The highest BCUT2D eigenvalue weighted by atomic mass is 19.1. The molecule has 1 aliphatic rings. The van der Waals surface area contributed by atoms with Gasteiger partial charge in [-0.3, -0.25) is 9.69 Å². The molecule has 0 spiro atoms. The Morgan fingerprint density at radius 1 is 1.52 bits per heavy atom. The van der Waals surface area contributed by atoms with E-state index in [4.69, 9.17) is 5.73 Å². The van der Waals surface area contributed by atoms with Gasteiger partial charge < -0.3 is 16.2 Å². The van der Waals surface area contributed by atoms with Crippen molar-refractivity contribution in [1.82, 2.24) is 10.2 Å². The monoisotopic (exact) mass is 295 g/mol. The first-order chi connectivity index (χ1) is 9.95. The smallest absolute Gasteiger partial charge is 0.231 e. The Balaban J connectivity index is 1.86. The third kappa shape index (κ3) is 4.41. The van der Waals surface area contributed by atoms with E-state index in [2.05, 4.69) is 5.32 Å². The van der Waals surface area contributed by atoms with Crippen molar-refractivity contribution in [3.05, 3.63) is 29.6 Å². The van der Waals surface area contributed by atoms with Crippen LogP contribution in [0.5, 0.6) is 5.75 Å². The number of halogens is 1. The van der Waals surface area contributed by atoms with Crippen molar-refractivity contribution in [2.75, 3.05) is 19.6 Å². The molecule has 1 amide bonds. The predicted molar refractivity (Wildman–Crippen MR) is 78.3 cm³/mol. The van der Waals surface area contributed by atoms with Crippen molar-refractivity contribution in [2.45, 2.75) is 31.8 Å². The normalized spacial score (nSPS) is 18.6. The van der Waals surface area contributed by atoms with Crippen LogP contribution in [-0.2, 0) is 4.79 Å². The predicted octanol–water partition coefficient (Wildman–Crippen LogP) is 1.13. The van der Waals surface area contributed by atoms with Gasteiger partial charge in [0, 0.05) is 36.8 Å². The summed E-state index contributed by atoms with van der Waals surface area (Å²) < 4.78 is 13.0. The van der Waals surface area contributed by atoms with E-state index in [1.807, 2.05) is 11.8 Å². The Labute approximate surface area is 123 Å². The minimum absolute atomic E-state index is 0.0267. The molecule has 0 aromatic heterocycles. The highest BCUT2D eigenvalue weighted by molar-refractivity contribution is 5.75. The van der Waals surface area contributed by atoms with Gasteiger partial charge in [-0.2, -0.15) is 0 Å². The average Bonchev–Trinajstić information content (AvgIpc) is 2.40. The molecule has 1 saturated heterocycles. The van der Waals surface area contributed by atoms with E-state index in [9.17, 15) is 14.3 Å². The first-order valence-electron chi connectivity index (χ1n) is 7.21. The van der Waals surface area contributed by atoms with E-state index in [1.165, 1.54) is 6.07 Å². The van der Waals surface area contributed by atoms with Crippen LogP contribution >= 0.6 is 0 Å². The van der Waals surface area contributed by atoms with E-state index >= 15 is 0 Å². The molecule has 6 heteroatoms. The summed E-state index contributed by atoms with van der Waals surface area (Å²) in [5, 5.41) is 13.2. The second kappa shape index (κ2) is 6.87. The number of nitrogens with zero attached hydrogens (tertiary/aromatic N) is 1. The lowest BCUT2D eigenvalue weighted by molar-refractivity contribution is -0.119. The zero-order chi connectivity index (χ0) is 15.4. The maximum absolute atomic E-state index is 13.0. The fourth-order valence-corrected chi connectivity index (χ4v) is 2.80. The SMILES string of the molecule is CC(NC1CCN(CC(N)=O)CC1)c1ccc(F)cc1O. The average molecular weight is 295 g/mol. The summed E-state index contributed by atoms with van der Waals surface area (Å²) in [7, 11) is 0. The highest BCUT2D eigenvalue weighted by Crippen LogP contribution is 2.26. The maximum atomic E-state index is 13.0. The number of nitrogens with one attached hydrogen (secondary N) is 1. The van der Waals surface area contributed by atoms with Crippen LogP contribution in [0.15, 0.2) is 18.2 Å². The summed E-state index contributed by atoms with van der Waals surface area (Å²) in [6.07, 6.45) is 1.83. The Kier molecular flexibility index (Phi) is 5.14. The van der Waals surface area contributed by atoms with Crippen LogP contribution in [0.25, 0.3) is 0 Å². The number of hydrogen-bond donors (Lipinski definition) is 3. The summed E-state index contributed by atoms with van der Waals surface area (Å²) in [4.78, 5) is 12.9. The van der Waals surface area contributed by atoms with Gasteiger partial charge >= 0.3 is 0 Å². The van der Waals surface area contributed by atoms with E-state index in [-0.39, 0.29) is 17.7 Å². The number of rotatable bonds is 5. The van der Waals surface area contributed by atoms with Crippen LogP contribution in [0, 0.1) is 5.82 Å². The van der Waals surface area contributed by atoms with E-state index in [0.717, 1.165) is 32.0 Å². The molecular weight excluding hydrogens is 273 g/mol. The van der Waals surface area contributed by atoms with E-state index < -0.39 is 5.82 Å². The number of hydrogen-bond acceptors (Lipinski definition) is 4. The van der Waals surface area contributed by atoms with Gasteiger partial charge in [-0.15, -0.1) is 0 Å². The van der Waals surface area contributed by atoms with Crippen LogP contribution < -0.4 is 11.1 Å². The number of phenolic OH excluding ortho intramolecular Hbond substituents is 1. The molecule has 4 N–H and O–H groups in total. The fourth-order valence-electron chi connectivity index (χ4n) is 2.80. The van der Waals surface area contributed by atoms with Gasteiger partial charge in [0.1, 0.15) is 11.6 Å². The molecule has 116 valence electrons. The number of carbonyl (C=O) groups is 1. The minimum Gasteiger partial charge on any atom is -0.508 e. The fraction of sp³-hybridized carbons (Fsp3) is 0.533. The molecule has 21 heavy (non-hydrogen) atoms. The Hall–Kier alpha value is -1.66. The third-order valence-electron chi connectivity index (χ3n) is 3.91. The molecular formula is C15H22FN3O2. The van der Waals surface area contributed by atoms with Crippen molar-refractivity contribution in [3.63, 3.8) is 0 Å². The van der Waals surface area contributed by atoms with Crippen molar-refractivity contribution in [2.24, 2.45) is 5.73 Å². The van der Waals surface area contributed by atoms with Gasteiger partial charge in [0.05, 0.1) is 6.54 Å². The summed E-state index contributed by atoms with van der Waals surface area (Å²) in [6, 6.07) is 4.34. The van der Waals surface area contributed by atoms with Crippen LogP contribution in [0.4, 0.5) is 4.39 Å². The van der Waals surface area contributed by atoms with Crippen molar-refractivity contribution in [1.29, 1.82) is 0 Å². The molecule has 5 nitrogen and oxygen atoms in total. The summed E-state index contributed by atoms with van der Waals surface area (Å²) in [5.74, 6) is -0.768. The standard InChI is InChI=1S/C15H22FN3O2/c1-10(13-3-2-11(16)8-14(13)20)18-12-4-6-19(7-5-12)9-15(17)21/h2-3,8,10,12,18,20H,4-7,9H2,1H3,(H2,17,21). The molecule has 2 rings (SSSR count). The number of nitrogens with two attached hydrogens (primary N) is 1. The van der Waals surface area contributed by atoms with Gasteiger partial charge in [0.2, 0.25) is 5.91 Å². The minimum atomic E-state index is -0.441. The molecule has 1 unspecified atom stereocenters. The summed E-state index contributed by atoms with van der Waals surface area (Å²) in [5.41, 5.74) is 5.88. The van der Waals surface area contributed by atoms with Crippen LogP contribution in [0.1, 0.15) is 31.4 Å². The molecule has 0 aliphatic carbocycles. The van der Waals surface area contributed by atoms with Gasteiger partial charge in [-0.25, -0.2) is 4.39 Å². The zero-order valence-corrected chi connectivity index (χ0v) is 12.2. The first-order valence-corrected chi connectivity index (χ1v) is 7.21. The molecule has 1 fully saturated rings. The first kappa shape index (κ1) is 15.7. The molecule has 1 heterocycles. The van der Waals surface area contributed by atoms with Crippen LogP contribution in [0.2, 0.25) is 0 Å². The lowest BCUT2D eigenvalue weighted by Crippen LogP contribution is -2.45. The van der Waals surface area contributed by atoms with E-state index in [1.54, 1.807) is 6.07 Å². The number of benzene rings is 1. The van der Waals surface area contributed by atoms with Gasteiger partial charge in [-0.05, 0) is 25.8 Å². The van der Waals surface area contributed by atoms with Gasteiger partial charge in [0.25, 0.3) is 0 Å². The molecule has 0 saturated carbocycles. The number of aromatic hydroxyl groups is 1. The Morgan fingerprint density at radius 2 is 2.19 bits per heavy atom. The number of amides is 1. The molecule has 1 aliphatic heterocycles. The summed E-state index contributed by atoms with van der Waals surface area (Å²) in [6.45, 7) is 3.90. The number of primary amides is 1. The Morgan fingerprint density at radius 3 is 2.76 bits per heavy atom. The lowest BCUT2D eigenvalue weighted by Gasteiger charge is -2.33. The highest BCUT2D eigenvalue weighted by Gasteiger charge is 2.22. The topological polar surface area (TPSA) is 78.6 Å². The second-order valence-corrected chi connectivity index (χ2v) is 5.61. The molecule has 0 bridgehead atoms. The van der Waals surface area contributed by atoms with Gasteiger partial charge in [0.15, 0.2) is 0 Å². The quantitative estimate of drug-likeness (QED) is 0.761. The molecule has 1 aromatic rings. The van der Waals surface area contributed by atoms with Crippen molar-refractivity contribution < 1.29 is 14.3 Å².